The van der Waals surface area contributed by atoms with Gasteiger partial charge in [-0.2, -0.15) is 0 Å². The topological polar surface area (TPSA) is 59.5 Å². The standard InChI is InChI=1S/C12H15FN2O3/c1-3-15(7-6-11(16)18-2)12(17)10-5-4-9(13)8-14-10/h4-5,8H,3,6-7H2,1-2H3. The fourth-order valence-corrected chi connectivity index (χ4v) is 1.40. The molecule has 0 spiro atoms. The van der Waals surface area contributed by atoms with Gasteiger partial charge in [-0.3, -0.25) is 9.59 Å². The Morgan fingerprint density at radius 1 is 1.44 bits per heavy atom. The molecule has 0 radical (unpaired) electrons. The Balaban J connectivity index is 2.67. The van der Waals surface area contributed by atoms with Crippen LogP contribution in [-0.4, -0.2) is 42.0 Å². The number of carbonyl (C=O) groups is 2. The molecule has 0 unspecified atom stereocenters. The highest BCUT2D eigenvalue weighted by molar-refractivity contribution is 5.92. The van der Waals surface area contributed by atoms with Gasteiger partial charge in [0, 0.05) is 13.1 Å². The summed E-state index contributed by atoms with van der Waals surface area (Å²) in [7, 11) is 1.29. The first-order valence-electron chi connectivity index (χ1n) is 5.56. The molecule has 18 heavy (non-hydrogen) atoms. The average Bonchev–Trinajstić information content (AvgIpc) is 2.39. The minimum Gasteiger partial charge on any atom is -0.469 e. The maximum Gasteiger partial charge on any atom is 0.307 e. The second-order valence-corrected chi connectivity index (χ2v) is 3.57. The number of carbonyl (C=O) groups excluding carboxylic acids is 2. The molecule has 0 N–H and O–H groups in total. The van der Waals surface area contributed by atoms with Crippen molar-refractivity contribution in [2.45, 2.75) is 13.3 Å². The first-order valence-corrected chi connectivity index (χ1v) is 5.56. The van der Waals surface area contributed by atoms with Gasteiger partial charge in [-0.05, 0) is 19.1 Å². The highest BCUT2D eigenvalue weighted by Crippen LogP contribution is 2.04. The monoisotopic (exact) mass is 254 g/mol. The predicted octanol–water partition coefficient (Wildman–Crippen LogP) is 1.25. The van der Waals surface area contributed by atoms with Gasteiger partial charge in [-0.1, -0.05) is 0 Å². The van der Waals surface area contributed by atoms with E-state index in [1.165, 1.54) is 24.1 Å². The lowest BCUT2D eigenvalue weighted by Crippen LogP contribution is -2.33. The fourth-order valence-electron chi connectivity index (χ4n) is 1.40. The van der Waals surface area contributed by atoms with Crippen LogP contribution in [0, 0.1) is 5.82 Å². The molecule has 1 aromatic rings. The van der Waals surface area contributed by atoms with Crippen LogP contribution in [0.3, 0.4) is 0 Å². The molecule has 0 saturated heterocycles. The molecule has 1 heterocycles. The molecule has 0 aliphatic heterocycles. The molecule has 0 atom stereocenters. The molecule has 0 aliphatic rings. The largest absolute Gasteiger partial charge is 0.469 e. The van der Waals surface area contributed by atoms with Gasteiger partial charge in [0.2, 0.25) is 0 Å². The van der Waals surface area contributed by atoms with Gasteiger partial charge >= 0.3 is 5.97 Å². The summed E-state index contributed by atoms with van der Waals surface area (Å²) in [5.41, 5.74) is 0.156. The Bertz CT molecular complexity index is 420. The Hall–Kier alpha value is -1.98. The van der Waals surface area contributed by atoms with E-state index in [9.17, 15) is 14.0 Å². The number of ether oxygens (including phenoxy) is 1. The van der Waals surface area contributed by atoms with Crippen LogP contribution in [0.5, 0.6) is 0 Å². The molecule has 6 heteroatoms. The van der Waals surface area contributed by atoms with Gasteiger partial charge in [-0.15, -0.1) is 0 Å². The maximum absolute atomic E-state index is 12.7. The zero-order valence-electron chi connectivity index (χ0n) is 10.4. The van der Waals surface area contributed by atoms with Gasteiger partial charge < -0.3 is 9.64 Å². The maximum atomic E-state index is 12.7. The van der Waals surface area contributed by atoms with Crippen LogP contribution < -0.4 is 0 Å². The lowest BCUT2D eigenvalue weighted by atomic mass is 10.3. The summed E-state index contributed by atoms with van der Waals surface area (Å²) in [5, 5.41) is 0. The summed E-state index contributed by atoms with van der Waals surface area (Å²) in [5.74, 6) is -1.21. The van der Waals surface area contributed by atoms with Gasteiger partial charge in [0.15, 0.2) is 0 Å². The van der Waals surface area contributed by atoms with E-state index in [-0.39, 0.29) is 30.5 Å². The van der Waals surface area contributed by atoms with Gasteiger partial charge in [0.1, 0.15) is 11.5 Å². The van der Waals surface area contributed by atoms with Crippen molar-refractivity contribution >= 4 is 11.9 Å². The quantitative estimate of drug-likeness (QED) is 0.742. The van der Waals surface area contributed by atoms with Crippen molar-refractivity contribution in [1.29, 1.82) is 0 Å². The highest BCUT2D eigenvalue weighted by atomic mass is 19.1. The minimum atomic E-state index is -0.496. The molecule has 0 aromatic carbocycles. The average molecular weight is 254 g/mol. The number of nitrogens with zero attached hydrogens (tertiary/aromatic N) is 2. The lowest BCUT2D eigenvalue weighted by molar-refractivity contribution is -0.140. The fraction of sp³-hybridized carbons (Fsp3) is 0.417. The number of rotatable bonds is 5. The van der Waals surface area contributed by atoms with Crippen molar-refractivity contribution in [3.63, 3.8) is 0 Å². The van der Waals surface area contributed by atoms with E-state index in [1.807, 2.05) is 0 Å². The van der Waals surface area contributed by atoms with Gasteiger partial charge in [0.25, 0.3) is 5.91 Å². The van der Waals surface area contributed by atoms with Crippen LogP contribution in [0.4, 0.5) is 4.39 Å². The SMILES string of the molecule is CCN(CCC(=O)OC)C(=O)c1ccc(F)cn1. The third kappa shape index (κ3) is 3.80. The summed E-state index contributed by atoms with van der Waals surface area (Å²) >= 11 is 0. The first kappa shape index (κ1) is 14.1. The molecular weight excluding hydrogens is 239 g/mol. The van der Waals surface area contributed by atoms with E-state index in [0.717, 1.165) is 6.20 Å². The summed E-state index contributed by atoms with van der Waals surface area (Å²) < 4.78 is 17.2. The molecule has 0 aliphatic carbocycles. The Kier molecular flexibility index (Phi) is 5.23. The van der Waals surface area contributed by atoms with Crippen molar-refractivity contribution < 1.29 is 18.7 Å². The number of esters is 1. The van der Waals surface area contributed by atoms with E-state index in [0.29, 0.717) is 6.54 Å². The molecule has 0 fully saturated rings. The van der Waals surface area contributed by atoms with E-state index in [2.05, 4.69) is 9.72 Å². The molecule has 0 saturated carbocycles. The van der Waals surface area contributed by atoms with E-state index >= 15 is 0 Å². The normalized spacial score (nSPS) is 9.94. The third-order valence-corrected chi connectivity index (χ3v) is 2.43. The van der Waals surface area contributed by atoms with Crippen molar-refractivity contribution in [3.8, 4) is 0 Å². The van der Waals surface area contributed by atoms with E-state index in [1.54, 1.807) is 6.92 Å². The van der Waals surface area contributed by atoms with Crippen molar-refractivity contribution in [1.82, 2.24) is 9.88 Å². The summed E-state index contributed by atoms with van der Waals surface area (Å²) in [6.45, 7) is 2.48. The van der Waals surface area contributed by atoms with Crippen molar-refractivity contribution in [2.24, 2.45) is 0 Å². The highest BCUT2D eigenvalue weighted by Gasteiger charge is 2.16. The second kappa shape index (κ2) is 6.68. The van der Waals surface area contributed by atoms with Crippen molar-refractivity contribution in [3.05, 3.63) is 29.8 Å². The zero-order valence-corrected chi connectivity index (χ0v) is 10.4. The zero-order chi connectivity index (χ0) is 13.5. The number of pyridine rings is 1. The smallest absolute Gasteiger partial charge is 0.307 e. The predicted molar refractivity (Wildman–Crippen MR) is 62.4 cm³/mol. The number of halogens is 1. The summed E-state index contributed by atoms with van der Waals surface area (Å²) in [4.78, 5) is 28.2. The molecule has 1 amide bonds. The number of methoxy groups -OCH3 is 1. The minimum absolute atomic E-state index is 0.122. The molecular formula is C12H15FN2O3. The second-order valence-electron chi connectivity index (χ2n) is 3.57. The Morgan fingerprint density at radius 2 is 2.17 bits per heavy atom. The molecule has 1 aromatic heterocycles. The van der Waals surface area contributed by atoms with Crippen LogP contribution >= 0.6 is 0 Å². The van der Waals surface area contributed by atoms with Crippen LogP contribution in [0.1, 0.15) is 23.8 Å². The Morgan fingerprint density at radius 3 is 2.67 bits per heavy atom. The van der Waals surface area contributed by atoms with Crippen LogP contribution in [-0.2, 0) is 9.53 Å². The number of hydrogen-bond acceptors (Lipinski definition) is 4. The Labute approximate surface area is 105 Å². The van der Waals surface area contributed by atoms with Gasteiger partial charge in [-0.25, -0.2) is 9.37 Å². The van der Waals surface area contributed by atoms with Crippen LogP contribution in [0.2, 0.25) is 0 Å². The number of amides is 1. The van der Waals surface area contributed by atoms with Crippen molar-refractivity contribution in [2.75, 3.05) is 20.2 Å². The molecule has 5 nitrogen and oxygen atoms in total. The molecule has 98 valence electrons. The summed E-state index contributed by atoms with van der Waals surface area (Å²) in [6, 6.07) is 2.49. The van der Waals surface area contributed by atoms with Crippen LogP contribution in [0.25, 0.3) is 0 Å². The first-order chi connectivity index (χ1) is 8.58. The number of hydrogen-bond donors (Lipinski definition) is 0. The summed E-state index contributed by atoms with van der Waals surface area (Å²) in [6.07, 6.45) is 1.11. The van der Waals surface area contributed by atoms with Gasteiger partial charge in [0.05, 0.1) is 19.7 Å². The third-order valence-electron chi connectivity index (χ3n) is 2.43. The van der Waals surface area contributed by atoms with E-state index in [4.69, 9.17) is 0 Å². The molecule has 0 bridgehead atoms. The number of aromatic nitrogens is 1. The molecule has 1 rings (SSSR count). The van der Waals surface area contributed by atoms with E-state index < -0.39 is 5.82 Å². The lowest BCUT2D eigenvalue weighted by Gasteiger charge is -2.19. The van der Waals surface area contributed by atoms with Crippen LogP contribution in [0.15, 0.2) is 18.3 Å².